The minimum absolute atomic E-state index is 0.205. The molecule has 2 heteroatoms. The predicted octanol–water partition coefficient (Wildman–Crippen LogP) is 3.54. The average Bonchev–Trinajstić information content (AvgIpc) is 2.07. The molecule has 78 valence electrons. The maximum Gasteiger partial charge on any atom is 0.0175 e. The van der Waals surface area contributed by atoms with Gasteiger partial charge in [-0.05, 0) is 30.5 Å². The minimum atomic E-state index is 0.205. The van der Waals surface area contributed by atoms with Crippen LogP contribution in [0.2, 0.25) is 0 Å². The van der Waals surface area contributed by atoms with Crippen molar-refractivity contribution in [1.82, 2.24) is 0 Å². The van der Waals surface area contributed by atoms with Crippen molar-refractivity contribution in [2.45, 2.75) is 32.7 Å². The van der Waals surface area contributed by atoms with Crippen LogP contribution in [-0.4, -0.2) is 6.04 Å². The predicted molar refractivity (Wildman–Crippen MR) is 65.4 cm³/mol. The third-order valence-electron chi connectivity index (χ3n) is 2.54. The molecule has 1 rings (SSSR count). The van der Waals surface area contributed by atoms with Crippen molar-refractivity contribution in [2.24, 2.45) is 11.7 Å². The van der Waals surface area contributed by atoms with Gasteiger partial charge in [0, 0.05) is 16.4 Å². The molecule has 0 aliphatic heterocycles. The number of hydrogen-bond donors (Lipinski definition) is 1. The highest BCUT2D eigenvalue weighted by molar-refractivity contribution is 9.10. The summed E-state index contributed by atoms with van der Waals surface area (Å²) in [4.78, 5) is 0. The van der Waals surface area contributed by atoms with Gasteiger partial charge in [-0.3, -0.25) is 0 Å². The lowest BCUT2D eigenvalue weighted by Crippen LogP contribution is -2.28. The summed E-state index contributed by atoms with van der Waals surface area (Å²) in [6.07, 6.45) is 0. The van der Waals surface area contributed by atoms with E-state index in [0.717, 1.165) is 4.47 Å². The Kier molecular flexibility index (Phi) is 4.14. The highest BCUT2D eigenvalue weighted by Crippen LogP contribution is 2.27. The van der Waals surface area contributed by atoms with Crippen molar-refractivity contribution in [1.29, 1.82) is 0 Å². The monoisotopic (exact) mass is 255 g/mol. The van der Waals surface area contributed by atoms with Crippen LogP contribution in [0.25, 0.3) is 0 Å². The molecule has 0 amide bonds. The zero-order chi connectivity index (χ0) is 10.7. The van der Waals surface area contributed by atoms with Gasteiger partial charge in [0.1, 0.15) is 0 Å². The molecule has 0 saturated carbocycles. The summed E-state index contributed by atoms with van der Waals surface area (Å²) in [7, 11) is 0. The third kappa shape index (κ3) is 2.82. The van der Waals surface area contributed by atoms with Gasteiger partial charge in [0.15, 0.2) is 0 Å². The van der Waals surface area contributed by atoms with E-state index in [1.807, 2.05) is 0 Å². The lowest BCUT2D eigenvalue weighted by atomic mass is 9.84. The van der Waals surface area contributed by atoms with Crippen LogP contribution in [-0.2, 0) is 0 Å². The first kappa shape index (κ1) is 11.7. The number of rotatable bonds is 3. The Hall–Kier alpha value is -0.340. The zero-order valence-corrected chi connectivity index (χ0v) is 10.6. The number of benzene rings is 1. The van der Waals surface area contributed by atoms with Crippen LogP contribution in [0.4, 0.5) is 0 Å². The summed E-state index contributed by atoms with van der Waals surface area (Å²) < 4.78 is 1.12. The Labute approximate surface area is 94.8 Å². The van der Waals surface area contributed by atoms with Gasteiger partial charge in [-0.1, -0.05) is 41.9 Å². The fourth-order valence-corrected chi connectivity index (χ4v) is 2.24. The van der Waals surface area contributed by atoms with E-state index >= 15 is 0 Å². The molecule has 1 aromatic carbocycles. The highest BCUT2D eigenvalue weighted by atomic mass is 79.9. The van der Waals surface area contributed by atoms with E-state index in [-0.39, 0.29) is 6.04 Å². The van der Waals surface area contributed by atoms with Crippen molar-refractivity contribution >= 4 is 15.9 Å². The number of nitrogens with two attached hydrogens (primary N) is 1. The first-order valence-corrected chi connectivity index (χ1v) is 5.82. The molecule has 0 spiro atoms. The summed E-state index contributed by atoms with van der Waals surface area (Å²) in [6, 6.07) is 8.66. The molecule has 0 fully saturated rings. The highest BCUT2D eigenvalue weighted by Gasteiger charge is 2.19. The van der Waals surface area contributed by atoms with Crippen LogP contribution in [0.15, 0.2) is 28.7 Å². The quantitative estimate of drug-likeness (QED) is 0.879. The molecule has 1 aromatic rings. The van der Waals surface area contributed by atoms with Crippen molar-refractivity contribution in [3.8, 4) is 0 Å². The van der Waals surface area contributed by atoms with E-state index in [1.165, 1.54) is 5.56 Å². The third-order valence-corrected chi connectivity index (χ3v) is 3.07. The summed E-state index contributed by atoms with van der Waals surface area (Å²) in [5.41, 5.74) is 7.33. The second-order valence-corrected chi connectivity index (χ2v) is 5.10. The van der Waals surface area contributed by atoms with E-state index < -0.39 is 0 Å². The summed E-state index contributed by atoms with van der Waals surface area (Å²) in [5, 5.41) is 0. The molecule has 0 aliphatic rings. The van der Waals surface area contributed by atoms with Crippen molar-refractivity contribution < 1.29 is 0 Å². The van der Waals surface area contributed by atoms with Gasteiger partial charge in [0.2, 0.25) is 0 Å². The molecule has 0 saturated heterocycles. The molecule has 14 heavy (non-hydrogen) atoms. The minimum Gasteiger partial charge on any atom is -0.327 e. The van der Waals surface area contributed by atoms with Gasteiger partial charge in [-0.2, -0.15) is 0 Å². The van der Waals surface area contributed by atoms with Crippen molar-refractivity contribution in [2.75, 3.05) is 0 Å². The van der Waals surface area contributed by atoms with E-state index in [4.69, 9.17) is 5.73 Å². The summed E-state index contributed by atoms with van der Waals surface area (Å²) in [6.45, 7) is 6.51. The Morgan fingerprint density at radius 1 is 1.07 bits per heavy atom. The average molecular weight is 256 g/mol. The van der Waals surface area contributed by atoms with E-state index in [1.54, 1.807) is 0 Å². The Morgan fingerprint density at radius 3 is 1.93 bits per heavy atom. The van der Waals surface area contributed by atoms with Crippen molar-refractivity contribution in [3.63, 3.8) is 0 Å². The molecule has 2 unspecified atom stereocenters. The molecule has 0 aliphatic carbocycles. The number of halogens is 1. The van der Waals surface area contributed by atoms with E-state index in [0.29, 0.717) is 11.8 Å². The van der Waals surface area contributed by atoms with Crippen LogP contribution in [0.5, 0.6) is 0 Å². The molecule has 0 aromatic heterocycles. The van der Waals surface area contributed by atoms with Gasteiger partial charge in [-0.15, -0.1) is 0 Å². The van der Waals surface area contributed by atoms with Gasteiger partial charge >= 0.3 is 0 Å². The SMILES string of the molecule is CC(C)C(c1ccc(Br)cc1)C(C)N. The number of hydrogen-bond acceptors (Lipinski definition) is 1. The molecule has 0 heterocycles. The topological polar surface area (TPSA) is 26.0 Å². The smallest absolute Gasteiger partial charge is 0.0175 e. The van der Waals surface area contributed by atoms with Gasteiger partial charge in [0.05, 0.1) is 0 Å². The van der Waals surface area contributed by atoms with Crippen LogP contribution >= 0.6 is 15.9 Å². The molecule has 0 radical (unpaired) electrons. The Bertz CT molecular complexity index is 269. The molecular weight excluding hydrogens is 238 g/mol. The van der Waals surface area contributed by atoms with Crippen molar-refractivity contribution in [3.05, 3.63) is 34.3 Å². The first-order valence-electron chi connectivity index (χ1n) is 5.03. The van der Waals surface area contributed by atoms with E-state index in [9.17, 15) is 0 Å². The molecule has 0 bridgehead atoms. The zero-order valence-electron chi connectivity index (χ0n) is 9.00. The van der Waals surface area contributed by atoms with Crippen LogP contribution < -0.4 is 5.73 Å². The van der Waals surface area contributed by atoms with Crippen LogP contribution in [0, 0.1) is 5.92 Å². The fraction of sp³-hybridized carbons (Fsp3) is 0.500. The standard InChI is InChI=1S/C12H18BrN/c1-8(2)12(9(3)14)10-4-6-11(13)7-5-10/h4-9,12H,14H2,1-3H3. The summed E-state index contributed by atoms with van der Waals surface area (Å²) in [5.74, 6) is 1.03. The lowest BCUT2D eigenvalue weighted by Gasteiger charge is -2.25. The maximum absolute atomic E-state index is 6.00. The van der Waals surface area contributed by atoms with E-state index in [2.05, 4.69) is 61.0 Å². The molecular formula is C12H18BrN. The maximum atomic E-state index is 6.00. The second-order valence-electron chi connectivity index (χ2n) is 4.18. The first-order chi connectivity index (χ1) is 6.52. The van der Waals surface area contributed by atoms with Crippen LogP contribution in [0.1, 0.15) is 32.3 Å². The Balaban J connectivity index is 2.94. The van der Waals surface area contributed by atoms with Gasteiger partial charge in [0.25, 0.3) is 0 Å². The second kappa shape index (κ2) is 4.94. The molecule has 2 atom stereocenters. The van der Waals surface area contributed by atoms with Gasteiger partial charge < -0.3 is 5.73 Å². The molecule has 2 N–H and O–H groups in total. The van der Waals surface area contributed by atoms with Gasteiger partial charge in [-0.25, -0.2) is 0 Å². The lowest BCUT2D eigenvalue weighted by molar-refractivity contribution is 0.436. The summed E-state index contributed by atoms with van der Waals surface area (Å²) >= 11 is 3.44. The Morgan fingerprint density at radius 2 is 1.57 bits per heavy atom. The normalized spacial score (nSPS) is 15.6. The fourth-order valence-electron chi connectivity index (χ4n) is 1.98. The molecule has 1 nitrogen and oxygen atoms in total. The largest absolute Gasteiger partial charge is 0.327 e. The van der Waals surface area contributed by atoms with Crippen LogP contribution in [0.3, 0.4) is 0 Å².